The molecule has 88 valence electrons. The third kappa shape index (κ3) is 4.42. The summed E-state index contributed by atoms with van der Waals surface area (Å²) in [4.78, 5) is 4.08. The van der Waals surface area contributed by atoms with Crippen LogP contribution in [-0.2, 0) is 80.9 Å². The molecule has 0 N–H and O–H groups in total. The van der Waals surface area contributed by atoms with Gasteiger partial charge in [-0.2, -0.15) is 0 Å². The number of hydrogen-bond donors (Lipinski definition) is 0. The zero-order chi connectivity index (χ0) is 9.26. The summed E-state index contributed by atoms with van der Waals surface area (Å²) in [5.74, 6) is 0. The maximum Gasteiger partial charge on any atom is 0.0306 e. The molecule has 8 heteroatoms. The first-order chi connectivity index (χ1) is 6.29. The van der Waals surface area contributed by atoms with E-state index < -0.39 is 11.3 Å². The molecule has 1 aliphatic heterocycles. The predicted octanol–water partition coefficient (Wildman–Crippen LogP) is 0.421. The van der Waals surface area contributed by atoms with Crippen LogP contribution in [0.5, 0.6) is 0 Å². The second-order valence-electron chi connectivity index (χ2n) is 2.82. The monoisotopic (exact) mass is 748 g/mol. The fraction of sp³-hybridized carbons (Fsp3) is 0.375. The van der Waals surface area contributed by atoms with Gasteiger partial charge in [0.1, 0.15) is 0 Å². The second kappa shape index (κ2) is 9.11. The molecule has 0 saturated heterocycles. The van der Waals surface area contributed by atoms with Crippen LogP contribution in [0.1, 0.15) is 12.1 Å². The van der Waals surface area contributed by atoms with Crippen molar-refractivity contribution in [3.63, 3.8) is 0 Å². The molecule has 1 aliphatic rings. The average molecular weight is 748 g/mol. The summed E-state index contributed by atoms with van der Waals surface area (Å²) in [6, 6.07) is 4.44. The Morgan fingerprint density at radius 1 is 1.44 bits per heavy atom. The first-order valence-electron chi connectivity index (χ1n) is 4.01. The number of rotatable bonds is 1. The van der Waals surface area contributed by atoms with Crippen LogP contribution in [0.4, 0.5) is 5.69 Å². The third-order valence-electron chi connectivity index (χ3n) is 2.03. The maximum absolute atomic E-state index is 10.8. The molecule has 0 aromatic carbocycles. The van der Waals surface area contributed by atoms with Crippen LogP contribution in [0.15, 0.2) is 12.3 Å². The van der Waals surface area contributed by atoms with Crippen molar-refractivity contribution in [1.29, 1.82) is 0 Å². The molecule has 2 heterocycles. The van der Waals surface area contributed by atoms with Crippen LogP contribution in [0, 0.1) is 6.07 Å². The van der Waals surface area contributed by atoms with Gasteiger partial charge in [-0.15, -0.1) is 0 Å². The van der Waals surface area contributed by atoms with Gasteiger partial charge in [0.2, 0.25) is 0 Å². The molecule has 1 aromatic rings. The van der Waals surface area contributed by atoms with Crippen LogP contribution >= 0.6 is 0 Å². The van der Waals surface area contributed by atoms with Crippen molar-refractivity contribution in [3.05, 3.63) is 24.0 Å². The van der Waals surface area contributed by atoms with E-state index in [1.165, 1.54) is 4.31 Å². The van der Waals surface area contributed by atoms with Gasteiger partial charge in [-0.1, -0.05) is 11.9 Å². The van der Waals surface area contributed by atoms with Gasteiger partial charge in [-0.3, -0.25) is 9.19 Å². The molecule has 1 unspecified atom stereocenters. The van der Waals surface area contributed by atoms with Crippen LogP contribution in [-0.4, -0.2) is 20.3 Å². The first-order valence-corrected chi connectivity index (χ1v) is 5.04. The number of pyridine rings is 1. The summed E-state index contributed by atoms with van der Waals surface area (Å²) in [6.07, 6.45) is 3.24. The fourth-order valence-corrected chi connectivity index (χ4v) is 2.05. The Kier molecular flexibility index (Phi) is 11.1. The Hall–Kier alpha value is 1.12. The molecule has 0 radical (unpaired) electrons. The van der Waals surface area contributed by atoms with Gasteiger partial charge in [0.25, 0.3) is 0 Å². The van der Waals surface area contributed by atoms with Crippen LogP contribution in [0.3, 0.4) is 0 Å². The van der Waals surface area contributed by atoms with Crippen molar-refractivity contribution in [2.45, 2.75) is 12.8 Å². The normalized spacial score (nSPS) is 14.7. The Balaban J connectivity index is 0. The van der Waals surface area contributed by atoms with Gasteiger partial charge in [-0.25, -0.2) is 12.1 Å². The van der Waals surface area contributed by atoms with Crippen LogP contribution in [0.25, 0.3) is 0 Å². The second-order valence-corrected chi connectivity index (χ2v) is 3.70. The smallest absolute Gasteiger partial charge is 0.0306 e. The number of fused-ring (bicyclic) bond motifs is 1. The van der Waals surface area contributed by atoms with Crippen molar-refractivity contribution < 1.29 is 72.0 Å². The molecule has 2 rings (SSSR count). The minimum Gasteiger partial charge on any atom is -0.756 e. The van der Waals surface area contributed by atoms with Crippen molar-refractivity contribution in [2.24, 2.45) is 0 Å². The van der Waals surface area contributed by atoms with Gasteiger partial charge in [0, 0.05) is 81.0 Å². The number of hydrogen-bond acceptors (Lipinski definition) is 3. The molecule has 16 heavy (non-hydrogen) atoms. The zero-order valence-electron chi connectivity index (χ0n) is 8.12. The van der Waals surface area contributed by atoms with E-state index in [9.17, 15) is 8.76 Å². The largest absolute Gasteiger partial charge is 0.756 e. The van der Waals surface area contributed by atoms with Gasteiger partial charge < -0.3 is 8.86 Å². The van der Waals surface area contributed by atoms with Gasteiger partial charge in [-0.05, 0) is 18.5 Å². The Bertz CT molecular complexity index is 354. The van der Waals surface area contributed by atoms with E-state index in [0.29, 0.717) is 12.2 Å². The van der Waals surface area contributed by atoms with Crippen LogP contribution in [0.2, 0.25) is 0 Å². The van der Waals surface area contributed by atoms with Gasteiger partial charge >= 0.3 is 0 Å². The molecule has 0 bridgehead atoms. The summed E-state index contributed by atoms with van der Waals surface area (Å²) in [6.45, 7) is 0.544. The third-order valence-corrected chi connectivity index (χ3v) is 2.77. The number of anilines is 1. The molecular weight excluding hydrogens is 740 g/mol. The van der Waals surface area contributed by atoms with Crippen molar-refractivity contribution >= 4 is 17.0 Å². The summed E-state index contributed by atoms with van der Waals surface area (Å²) in [5, 5.41) is 0. The molecule has 1 aromatic heterocycles. The summed E-state index contributed by atoms with van der Waals surface area (Å²) in [7, 11) is 0. The van der Waals surface area contributed by atoms with Crippen molar-refractivity contribution in [1.82, 2.24) is 4.98 Å². The molecule has 1 atom stereocenters. The SMILES string of the molecule is O=S([O-])N1CCCc2nc[c-]cc21.[W].[W].[W]. The number of aromatic nitrogens is 1. The van der Waals surface area contributed by atoms with E-state index in [0.717, 1.165) is 18.5 Å². The fourth-order valence-electron chi connectivity index (χ4n) is 1.45. The zero-order valence-corrected chi connectivity index (χ0v) is 17.7. The minimum absolute atomic E-state index is 0. The molecule has 4 nitrogen and oxygen atoms in total. The summed E-state index contributed by atoms with van der Waals surface area (Å²) < 4.78 is 22.9. The number of nitrogens with zero attached hydrogens (tertiary/aromatic N) is 2. The standard InChI is InChI=1S/C8H9N2O2S.3W/c11-13(12)10-6-2-3-7-8(10)4-1-5-9-7;;;/h4-5H,2-3,6H2,(H,11,12);;;/q-1;;;/p-1. The van der Waals surface area contributed by atoms with Gasteiger partial charge in [0.15, 0.2) is 0 Å². The Labute approximate surface area is 140 Å². The van der Waals surface area contributed by atoms with Crippen molar-refractivity contribution in [3.8, 4) is 0 Å². The number of aryl methyl sites for hydroxylation is 1. The van der Waals surface area contributed by atoms with Crippen LogP contribution < -0.4 is 4.31 Å². The Morgan fingerprint density at radius 3 is 2.75 bits per heavy atom. The van der Waals surface area contributed by atoms with Crippen molar-refractivity contribution in [2.75, 3.05) is 10.8 Å². The summed E-state index contributed by atoms with van der Waals surface area (Å²) in [5.41, 5.74) is 1.51. The van der Waals surface area contributed by atoms with E-state index >= 15 is 0 Å². The van der Waals surface area contributed by atoms with E-state index in [1.807, 2.05) is 0 Å². The van der Waals surface area contributed by atoms with E-state index in [-0.39, 0.29) is 63.2 Å². The van der Waals surface area contributed by atoms with E-state index in [2.05, 4.69) is 11.1 Å². The van der Waals surface area contributed by atoms with E-state index in [4.69, 9.17) is 0 Å². The first kappa shape index (κ1) is 19.5. The predicted molar refractivity (Wildman–Crippen MR) is 47.7 cm³/mol. The summed E-state index contributed by atoms with van der Waals surface area (Å²) >= 11 is -2.19. The van der Waals surface area contributed by atoms with E-state index in [1.54, 1.807) is 12.3 Å². The molecular formula is C8H8N2O2SW3-2. The molecule has 0 amide bonds. The molecule has 0 fully saturated rings. The quantitative estimate of drug-likeness (QED) is 0.310. The molecule has 0 aliphatic carbocycles. The molecule has 0 saturated carbocycles. The maximum atomic E-state index is 10.8. The Morgan fingerprint density at radius 2 is 2.12 bits per heavy atom. The van der Waals surface area contributed by atoms with Gasteiger partial charge in [0.05, 0.1) is 0 Å². The topological polar surface area (TPSA) is 56.3 Å². The molecule has 0 spiro atoms. The minimum atomic E-state index is -2.19. The average Bonchev–Trinajstić information content (AvgIpc) is 2.17.